The molecule has 1 aliphatic heterocycles. The molecule has 1 fully saturated rings. The number of aryl methyl sites for hydroxylation is 1. The van der Waals surface area contributed by atoms with E-state index in [1.807, 2.05) is 10.6 Å². The van der Waals surface area contributed by atoms with Gasteiger partial charge in [-0.1, -0.05) is 12.1 Å². The summed E-state index contributed by atoms with van der Waals surface area (Å²) < 4.78 is 35.7. The van der Waals surface area contributed by atoms with Gasteiger partial charge < -0.3 is 9.30 Å². The van der Waals surface area contributed by atoms with Gasteiger partial charge in [-0.05, 0) is 55.7 Å². The van der Waals surface area contributed by atoms with E-state index in [0.717, 1.165) is 42.8 Å². The van der Waals surface area contributed by atoms with Gasteiger partial charge in [0.2, 0.25) is 0 Å². The molecule has 0 atom stereocenters. The topological polar surface area (TPSA) is 14.2 Å². The highest BCUT2D eigenvalue weighted by atomic mass is 19.1. The second-order valence-corrected chi connectivity index (χ2v) is 6.40. The van der Waals surface area contributed by atoms with Crippen LogP contribution in [0.25, 0.3) is 16.6 Å². The van der Waals surface area contributed by atoms with Crippen LogP contribution in [-0.4, -0.2) is 17.8 Å². The number of halogens is 2. The maximum atomic E-state index is 14.6. The van der Waals surface area contributed by atoms with Gasteiger partial charge in [0, 0.05) is 35.9 Å². The van der Waals surface area contributed by atoms with E-state index in [-0.39, 0.29) is 11.6 Å². The first kappa shape index (κ1) is 15.3. The Morgan fingerprint density at radius 1 is 1.00 bits per heavy atom. The summed E-state index contributed by atoms with van der Waals surface area (Å²) in [5.74, 6) is -0.188. The van der Waals surface area contributed by atoms with Crippen LogP contribution in [0.2, 0.25) is 0 Å². The van der Waals surface area contributed by atoms with Gasteiger partial charge in [0.1, 0.15) is 11.6 Å². The summed E-state index contributed by atoms with van der Waals surface area (Å²) in [6.07, 6.45) is 1.83. The van der Waals surface area contributed by atoms with Crippen molar-refractivity contribution in [1.29, 1.82) is 0 Å². The van der Waals surface area contributed by atoms with E-state index in [1.54, 1.807) is 25.1 Å². The third-order valence-corrected chi connectivity index (χ3v) is 4.84. The van der Waals surface area contributed by atoms with Gasteiger partial charge in [-0.25, -0.2) is 8.78 Å². The lowest BCUT2D eigenvalue weighted by Crippen LogP contribution is -2.17. The first-order valence-corrected chi connectivity index (χ1v) is 8.29. The minimum Gasteiger partial charge on any atom is -0.381 e. The third-order valence-electron chi connectivity index (χ3n) is 4.84. The number of ether oxygens (including phenoxy) is 1. The molecule has 0 saturated carbocycles. The molecule has 2 nitrogen and oxygen atoms in total. The fourth-order valence-electron chi connectivity index (χ4n) is 3.58. The van der Waals surface area contributed by atoms with Gasteiger partial charge in [-0.2, -0.15) is 0 Å². The molecule has 1 saturated heterocycles. The maximum Gasteiger partial charge on any atom is 0.147 e. The number of fused-ring (bicyclic) bond motifs is 1. The number of hydrogen-bond acceptors (Lipinski definition) is 1. The monoisotopic (exact) mass is 327 g/mol. The molecule has 0 N–H and O–H groups in total. The standard InChI is InChI=1S/C20H19F2NO/c1-13-11-16(5-6-17(13)21)23-19(14-7-9-24-10-8-14)12-15-3-2-4-18(22)20(15)23/h2-6,11-12,14H,7-10H2,1H3. The fourth-order valence-corrected chi connectivity index (χ4v) is 3.58. The quantitative estimate of drug-likeness (QED) is 0.638. The molecule has 3 aromatic rings. The highest BCUT2D eigenvalue weighted by Crippen LogP contribution is 2.35. The van der Waals surface area contributed by atoms with Gasteiger partial charge in [0.25, 0.3) is 0 Å². The number of aromatic nitrogens is 1. The Kier molecular flexibility index (Phi) is 3.85. The molecule has 2 heterocycles. The molecule has 124 valence electrons. The second kappa shape index (κ2) is 6.02. The van der Waals surface area contributed by atoms with E-state index >= 15 is 0 Å². The van der Waals surface area contributed by atoms with Crippen LogP contribution in [0.4, 0.5) is 8.78 Å². The van der Waals surface area contributed by atoms with Crippen LogP contribution in [0.1, 0.15) is 30.0 Å². The lowest BCUT2D eigenvalue weighted by molar-refractivity contribution is 0.0842. The van der Waals surface area contributed by atoms with E-state index < -0.39 is 0 Å². The zero-order valence-corrected chi connectivity index (χ0v) is 13.6. The van der Waals surface area contributed by atoms with Crippen LogP contribution >= 0.6 is 0 Å². The number of rotatable bonds is 2. The minimum absolute atomic E-state index is 0.247. The van der Waals surface area contributed by atoms with Crippen molar-refractivity contribution in [1.82, 2.24) is 4.57 Å². The van der Waals surface area contributed by atoms with E-state index in [2.05, 4.69) is 6.07 Å². The van der Waals surface area contributed by atoms with Crippen molar-refractivity contribution in [2.45, 2.75) is 25.7 Å². The Labute approximate surface area is 139 Å². The predicted molar refractivity (Wildman–Crippen MR) is 90.7 cm³/mol. The Bertz CT molecular complexity index is 894. The first-order valence-electron chi connectivity index (χ1n) is 8.29. The summed E-state index contributed by atoms with van der Waals surface area (Å²) in [4.78, 5) is 0. The average molecular weight is 327 g/mol. The number of benzene rings is 2. The van der Waals surface area contributed by atoms with Gasteiger partial charge in [-0.3, -0.25) is 0 Å². The normalized spacial score (nSPS) is 16.0. The van der Waals surface area contributed by atoms with Crippen LogP contribution in [0.3, 0.4) is 0 Å². The van der Waals surface area contributed by atoms with Gasteiger partial charge >= 0.3 is 0 Å². The van der Waals surface area contributed by atoms with Crippen molar-refractivity contribution >= 4 is 10.9 Å². The third kappa shape index (κ3) is 2.51. The molecule has 0 aliphatic carbocycles. The van der Waals surface area contributed by atoms with Crippen molar-refractivity contribution in [2.75, 3.05) is 13.2 Å². The molecule has 0 amide bonds. The molecule has 0 unspecified atom stereocenters. The molecular formula is C20H19F2NO. The lowest BCUT2D eigenvalue weighted by Gasteiger charge is -2.24. The second-order valence-electron chi connectivity index (χ2n) is 6.40. The molecular weight excluding hydrogens is 308 g/mol. The summed E-state index contributed by atoms with van der Waals surface area (Å²) in [5.41, 5.74) is 2.99. The Hall–Kier alpha value is -2.20. The van der Waals surface area contributed by atoms with Gasteiger partial charge in [-0.15, -0.1) is 0 Å². The Morgan fingerprint density at radius 3 is 2.54 bits per heavy atom. The van der Waals surface area contributed by atoms with Crippen molar-refractivity contribution in [3.8, 4) is 5.69 Å². The van der Waals surface area contributed by atoms with Crippen LogP contribution in [0.5, 0.6) is 0 Å². The maximum absolute atomic E-state index is 14.6. The zero-order chi connectivity index (χ0) is 16.7. The lowest BCUT2D eigenvalue weighted by atomic mass is 9.96. The molecule has 4 heteroatoms. The van der Waals surface area contributed by atoms with Crippen LogP contribution in [0.15, 0.2) is 42.5 Å². The largest absolute Gasteiger partial charge is 0.381 e. The van der Waals surface area contributed by atoms with Crippen molar-refractivity contribution in [3.05, 3.63) is 65.4 Å². The molecule has 1 aromatic heterocycles. The Morgan fingerprint density at radius 2 is 1.79 bits per heavy atom. The summed E-state index contributed by atoms with van der Waals surface area (Å²) in [6.45, 7) is 3.17. The minimum atomic E-state index is -0.257. The van der Waals surface area contributed by atoms with Crippen molar-refractivity contribution in [2.24, 2.45) is 0 Å². The SMILES string of the molecule is Cc1cc(-n2c(C3CCOCC3)cc3cccc(F)c32)ccc1F. The van der Waals surface area contributed by atoms with Gasteiger partial charge in [0.15, 0.2) is 0 Å². The summed E-state index contributed by atoms with van der Waals surface area (Å²) in [7, 11) is 0. The van der Waals surface area contributed by atoms with Gasteiger partial charge in [0.05, 0.1) is 5.52 Å². The molecule has 0 radical (unpaired) electrons. The summed E-state index contributed by atoms with van der Waals surface area (Å²) in [5, 5.41) is 0.874. The average Bonchev–Trinajstić information content (AvgIpc) is 2.99. The van der Waals surface area contributed by atoms with E-state index in [1.165, 1.54) is 12.1 Å². The highest BCUT2D eigenvalue weighted by molar-refractivity contribution is 5.84. The number of hydrogen-bond donors (Lipinski definition) is 0. The van der Waals surface area contributed by atoms with E-state index in [4.69, 9.17) is 4.74 Å². The molecule has 1 aliphatic rings. The first-order chi connectivity index (χ1) is 11.6. The van der Waals surface area contributed by atoms with Crippen LogP contribution in [0, 0.1) is 18.6 Å². The summed E-state index contributed by atoms with van der Waals surface area (Å²) in [6, 6.07) is 12.1. The summed E-state index contributed by atoms with van der Waals surface area (Å²) >= 11 is 0. The molecule has 0 bridgehead atoms. The van der Waals surface area contributed by atoms with E-state index in [0.29, 0.717) is 17.0 Å². The molecule has 24 heavy (non-hydrogen) atoms. The van der Waals surface area contributed by atoms with Crippen LogP contribution < -0.4 is 0 Å². The Balaban J connectivity index is 1.97. The molecule has 4 rings (SSSR count). The fraction of sp³-hybridized carbons (Fsp3) is 0.300. The molecule has 2 aromatic carbocycles. The smallest absolute Gasteiger partial charge is 0.147 e. The van der Waals surface area contributed by atoms with Crippen molar-refractivity contribution in [3.63, 3.8) is 0 Å². The predicted octanol–water partition coefficient (Wildman–Crippen LogP) is 5.11. The molecule has 0 spiro atoms. The highest BCUT2D eigenvalue weighted by Gasteiger charge is 2.23. The van der Waals surface area contributed by atoms with Crippen LogP contribution in [-0.2, 0) is 4.74 Å². The van der Waals surface area contributed by atoms with Crippen molar-refractivity contribution < 1.29 is 13.5 Å². The number of para-hydroxylation sites is 1. The van der Waals surface area contributed by atoms with E-state index in [9.17, 15) is 8.78 Å². The zero-order valence-electron chi connectivity index (χ0n) is 13.6. The number of nitrogens with zero attached hydrogens (tertiary/aromatic N) is 1.